The van der Waals surface area contributed by atoms with Crippen molar-refractivity contribution in [3.8, 4) is 0 Å². The summed E-state index contributed by atoms with van der Waals surface area (Å²) in [4.78, 5) is 25.4. The molecule has 1 aromatic carbocycles. The van der Waals surface area contributed by atoms with Gasteiger partial charge in [0.2, 0.25) is 0 Å². The summed E-state index contributed by atoms with van der Waals surface area (Å²) in [5.41, 5.74) is 1.36. The van der Waals surface area contributed by atoms with Gasteiger partial charge in [0, 0.05) is 28.9 Å². The Balaban J connectivity index is 1.81. The molecule has 112 valence electrons. The monoisotopic (exact) mass is 308 g/mol. The molecule has 6 heteroatoms. The third-order valence-electron chi connectivity index (χ3n) is 3.18. The average molecular weight is 309 g/mol. The fourth-order valence-electron chi connectivity index (χ4n) is 2.10. The van der Waals surface area contributed by atoms with Crippen LogP contribution < -0.4 is 5.32 Å². The maximum absolute atomic E-state index is 12.0. The number of nitrogens with one attached hydrogen (secondary N) is 2. The van der Waals surface area contributed by atoms with Crippen molar-refractivity contribution in [2.24, 2.45) is 0 Å². The van der Waals surface area contributed by atoms with E-state index in [1.807, 2.05) is 6.07 Å². The average Bonchev–Trinajstić information content (AvgIpc) is 2.85. The number of rotatable bonds is 7. The van der Waals surface area contributed by atoms with Crippen molar-refractivity contribution in [1.29, 1.82) is 0 Å². The summed E-state index contributed by atoms with van der Waals surface area (Å²) in [5, 5.41) is 12.9. The second-order valence-electron chi connectivity index (χ2n) is 4.87. The predicted octanol–water partition coefficient (Wildman–Crippen LogP) is 3.20. The van der Waals surface area contributed by atoms with Crippen LogP contribution in [0.2, 0.25) is 5.02 Å². The Morgan fingerprint density at radius 2 is 2.00 bits per heavy atom. The molecule has 5 nitrogen and oxygen atoms in total. The van der Waals surface area contributed by atoms with Crippen molar-refractivity contribution in [2.75, 3.05) is 6.54 Å². The Bertz CT molecular complexity index is 651. The number of carboxylic acid groups (broad SMARTS) is 1. The van der Waals surface area contributed by atoms with Crippen LogP contribution in [0.15, 0.2) is 24.3 Å². The number of H-pyrrole nitrogens is 1. The topological polar surface area (TPSA) is 82.2 Å². The van der Waals surface area contributed by atoms with E-state index in [1.165, 1.54) is 0 Å². The second-order valence-corrected chi connectivity index (χ2v) is 5.31. The number of amides is 1. The molecular weight excluding hydrogens is 292 g/mol. The third kappa shape index (κ3) is 4.49. The van der Waals surface area contributed by atoms with E-state index in [-0.39, 0.29) is 12.3 Å². The minimum Gasteiger partial charge on any atom is -0.481 e. The highest BCUT2D eigenvalue weighted by Gasteiger charge is 2.09. The number of unbranched alkanes of at least 4 members (excludes halogenated alkanes) is 2. The highest BCUT2D eigenvalue weighted by molar-refractivity contribution is 6.31. The molecule has 0 aliphatic carbocycles. The van der Waals surface area contributed by atoms with Gasteiger partial charge in [0.25, 0.3) is 5.91 Å². The summed E-state index contributed by atoms with van der Waals surface area (Å²) < 4.78 is 0. The molecule has 21 heavy (non-hydrogen) atoms. The van der Waals surface area contributed by atoms with Gasteiger partial charge in [0.15, 0.2) is 0 Å². The van der Waals surface area contributed by atoms with Gasteiger partial charge in [0.1, 0.15) is 5.69 Å². The standard InChI is InChI=1S/C15H17ClN2O3/c16-11-5-6-12-10(8-11)9-13(18-12)15(21)17-7-3-1-2-4-14(19)20/h5-6,8-9,18H,1-4,7H2,(H,17,21)(H,19,20). The van der Waals surface area contributed by atoms with E-state index in [0.29, 0.717) is 23.7 Å². The molecule has 3 N–H and O–H groups in total. The summed E-state index contributed by atoms with van der Waals surface area (Å²) in [5.74, 6) is -0.948. The molecular formula is C15H17ClN2O3. The van der Waals surface area contributed by atoms with Crippen LogP contribution in [0.4, 0.5) is 0 Å². The van der Waals surface area contributed by atoms with E-state index in [0.717, 1.165) is 23.7 Å². The molecule has 1 amide bonds. The molecule has 0 bridgehead atoms. The lowest BCUT2D eigenvalue weighted by Gasteiger charge is -2.03. The van der Waals surface area contributed by atoms with Gasteiger partial charge in [-0.1, -0.05) is 18.0 Å². The lowest BCUT2D eigenvalue weighted by Crippen LogP contribution is -2.24. The molecule has 0 fully saturated rings. The van der Waals surface area contributed by atoms with Crippen molar-refractivity contribution >= 4 is 34.4 Å². The minimum absolute atomic E-state index is 0.166. The summed E-state index contributed by atoms with van der Waals surface area (Å²) in [7, 11) is 0. The van der Waals surface area contributed by atoms with Crippen molar-refractivity contribution in [3.05, 3.63) is 35.0 Å². The zero-order valence-electron chi connectivity index (χ0n) is 11.5. The lowest BCUT2D eigenvalue weighted by molar-refractivity contribution is -0.137. The molecule has 0 radical (unpaired) electrons. The van der Waals surface area contributed by atoms with Crippen LogP contribution in [0.5, 0.6) is 0 Å². The van der Waals surface area contributed by atoms with Gasteiger partial charge in [0.05, 0.1) is 0 Å². The van der Waals surface area contributed by atoms with Crippen molar-refractivity contribution in [1.82, 2.24) is 10.3 Å². The molecule has 0 unspecified atom stereocenters. The Kier molecular flexibility index (Phi) is 5.22. The smallest absolute Gasteiger partial charge is 0.303 e. The number of carbonyl (C=O) groups is 2. The number of halogens is 1. The van der Waals surface area contributed by atoms with E-state index in [2.05, 4.69) is 10.3 Å². The van der Waals surface area contributed by atoms with Crippen LogP contribution >= 0.6 is 11.6 Å². The zero-order chi connectivity index (χ0) is 15.2. The van der Waals surface area contributed by atoms with Crippen molar-refractivity contribution in [3.63, 3.8) is 0 Å². The van der Waals surface area contributed by atoms with Gasteiger partial charge in [-0.05, 0) is 37.1 Å². The van der Waals surface area contributed by atoms with Crippen LogP contribution in [0, 0.1) is 0 Å². The van der Waals surface area contributed by atoms with E-state index in [4.69, 9.17) is 16.7 Å². The molecule has 1 aromatic heterocycles. The lowest BCUT2D eigenvalue weighted by atomic mass is 10.2. The van der Waals surface area contributed by atoms with Crippen LogP contribution in [-0.2, 0) is 4.79 Å². The molecule has 0 saturated carbocycles. The highest BCUT2D eigenvalue weighted by Crippen LogP contribution is 2.20. The summed E-state index contributed by atoms with van der Waals surface area (Å²) >= 11 is 5.91. The summed E-state index contributed by atoms with van der Waals surface area (Å²) in [6, 6.07) is 7.17. The van der Waals surface area contributed by atoms with Gasteiger partial charge in [-0.25, -0.2) is 0 Å². The van der Waals surface area contributed by atoms with Gasteiger partial charge in [-0.15, -0.1) is 0 Å². The zero-order valence-corrected chi connectivity index (χ0v) is 12.2. The molecule has 0 aliphatic heterocycles. The predicted molar refractivity (Wildman–Crippen MR) is 81.7 cm³/mol. The van der Waals surface area contributed by atoms with Gasteiger partial charge in [-0.2, -0.15) is 0 Å². The number of hydrogen-bond acceptors (Lipinski definition) is 2. The minimum atomic E-state index is -0.782. The fraction of sp³-hybridized carbons (Fsp3) is 0.333. The molecule has 2 aromatic rings. The number of hydrogen-bond donors (Lipinski definition) is 3. The van der Waals surface area contributed by atoms with Crippen molar-refractivity contribution in [2.45, 2.75) is 25.7 Å². The molecule has 0 spiro atoms. The largest absolute Gasteiger partial charge is 0.481 e. The molecule has 1 heterocycles. The van der Waals surface area contributed by atoms with Gasteiger partial charge < -0.3 is 15.4 Å². The first-order valence-electron chi connectivity index (χ1n) is 6.84. The van der Waals surface area contributed by atoms with E-state index in [1.54, 1.807) is 18.2 Å². The number of carbonyl (C=O) groups excluding carboxylic acids is 1. The first-order valence-corrected chi connectivity index (χ1v) is 7.22. The Hall–Kier alpha value is -2.01. The van der Waals surface area contributed by atoms with Crippen LogP contribution in [0.3, 0.4) is 0 Å². The maximum atomic E-state index is 12.0. The van der Waals surface area contributed by atoms with Gasteiger partial charge >= 0.3 is 5.97 Å². The van der Waals surface area contributed by atoms with E-state index >= 15 is 0 Å². The van der Waals surface area contributed by atoms with Gasteiger partial charge in [-0.3, -0.25) is 9.59 Å². The fourth-order valence-corrected chi connectivity index (χ4v) is 2.28. The normalized spacial score (nSPS) is 10.7. The second kappa shape index (κ2) is 7.13. The van der Waals surface area contributed by atoms with E-state index in [9.17, 15) is 9.59 Å². The Morgan fingerprint density at radius 3 is 2.76 bits per heavy atom. The molecule has 0 aliphatic rings. The Morgan fingerprint density at radius 1 is 1.19 bits per heavy atom. The summed E-state index contributed by atoms with van der Waals surface area (Å²) in [6.45, 7) is 0.536. The maximum Gasteiger partial charge on any atom is 0.303 e. The highest BCUT2D eigenvalue weighted by atomic mass is 35.5. The molecule has 0 saturated heterocycles. The number of aliphatic carboxylic acids is 1. The van der Waals surface area contributed by atoms with Crippen molar-refractivity contribution < 1.29 is 14.7 Å². The number of fused-ring (bicyclic) bond motifs is 1. The SMILES string of the molecule is O=C(O)CCCCCNC(=O)c1cc2cc(Cl)ccc2[nH]1. The number of benzene rings is 1. The quantitative estimate of drug-likeness (QED) is 0.687. The number of aromatic nitrogens is 1. The molecule has 0 atom stereocenters. The third-order valence-corrected chi connectivity index (χ3v) is 3.42. The first kappa shape index (κ1) is 15.4. The summed E-state index contributed by atoms with van der Waals surface area (Å²) in [6.07, 6.45) is 2.37. The molecule has 2 rings (SSSR count). The van der Waals surface area contributed by atoms with Crippen LogP contribution in [0.25, 0.3) is 10.9 Å². The number of aromatic amines is 1. The van der Waals surface area contributed by atoms with Crippen LogP contribution in [-0.4, -0.2) is 28.5 Å². The first-order chi connectivity index (χ1) is 10.1. The number of carboxylic acids is 1. The van der Waals surface area contributed by atoms with Crippen LogP contribution in [0.1, 0.15) is 36.2 Å². The van der Waals surface area contributed by atoms with E-state index < -0.39 is 5.97 Å². The Labute approximate surface area is 127 Å².